The van der Waals surface area contributed by atoms with Crippen molar-refractivity contribution in [2.75, 3.05) is 32.3 Å². The van der Waals surface area contributed by atoms with Gasteiger partial charge in [0.1, 0.15) is 11.5 Å². The number of nitrogen functional groups attached to an aromatic ring is 2. The monoisotopic (exact) mass is 372 g/mol. The normalized spacial score (nSPS) is 10.1. The molecule has 0 atom stereocenters. The zero-order valence-corrected chi connectivity index (χ0v) is 16.3. The van der Waals surface area contributed by atoms with E-state index in [0.29, 0.717) is 29.3 Å². The van der Waals surface area contributed by atoms with Gasteiger partial charge in [0.25, 0.3) is 0 Å². The first kappa shape index (κ1) is 21.9. The summed E-state index contributed by atoms with van der Waals surface area (Å²) in [6, 6.07) is 10.6. The van der Waals surface area contributed by atoms with Crippen molar-refractivity contribution in [3.05, 3.63) is 53.6 Å². The molecule has 0 radical (unpaired) electrons. The number of carbonyl (C=O) groups excluding carboxylic acids is 1. The van der Waals surface area contributed by atoms with Gasteiger partial charge in [-0.15, -0.1) is 0 Å². The van der Waals surface area contributed by atoms with Crippen LogP contribution >= 0.6 is 0 Å². The van der Waals surface area contributed by atoms with Gasteiger partial charge in [-0.3, -0.25) is 0 Å². The molecule has 2 aromatic carbocycles. The Hall–Kier alpha value is -3.15. The summed E-state index contributed by atoms with van der Waals surface area (Å²) in [5.41, 5.74) is 14.4. The van der Waals surface area contributed by atoms with Gasteiger partial charge in [-0.05, 0) is 35.9 Å². The fraction of sp³-hybridized carbons (Fsp3) is 0.286. The van der Waals surface area contributed by atoms with Gasteiger partial charge in [-0.25, -0.2) is 4.79 Å². The van der Waals surface area contributed by atoms with Crippen LogP contribution in [0.25, 0.3) is 6.08 Å². The van der Waals surface area contributed by atoms with Crippen LogP contribution in [0.5, 0.6) is 11.5 Å². The molecule has 0 aromatic heterocycles. The van der Waals surface area contributed by atoms with Crippen LogP contribution in [0, 0.1) is 0 Å². The smallest absolute Gasteiger partial charge is 0.330 e. The lowest BCUT2D eigenvalue weighted by molar-refractivity contribution is -0.137. The highest BCUT2D eigenvalue weighted by atomic mass is 16.5. The maximum atomic E-state index is 11.8. The van der Waals surface area contributed by atoms with E-state index in [2.05, 4.69) is 0 Å². The van der Waals surface area contributed by atoms with Gasteiger partial charge in [0.05, 0.1) is 20.8 Å². The van der Waals surface area contributed by atoms with E-state index in [9.17, 15) is 4.79 Å². The fourth-order valence-electron chi connectivity index (χ4n) is 2.26. The molecule has 0 heterocycles. The second-order valence-electron chi connectivity index (χ2n) is 5.32. The van der Waals surface area contributed by atoms with Crippen molar-refractivity contribution >= 4 is 23.4 Å². The predicted octanol–water partition coefficient (Wildman–Crippen LogP) is 3.69. The summed E-state index contributed by atoms with van der Waals surface area (Å²) in [4.78, 5) is 11.8. The number of hydrogen-bond donors (Lipinski definition) is 2. The highest BCUT2D eigenvalue weighted by Gasteiger charge is 2.05. The molecule has 0 saturated heterocycles. The first-order valence-corrected chi connectivity index (χ1v) is 8.74. The van der Waals surface area contributed by atoms with Crippen molar-refractivity contribution in [3.8, 4) is 11.5 Å². The molecule has 0 aliphatic carbocycles. The van der Waals surface area contributed by atoms with Crippen molar-refractivity contribution < 1.29 is 19.0 Å². The number of anilines is 2. The molecule has 0 unspecified atom stereocenters. The van der Waals surface area contributed by atoms with E-state index in [1.54, 1.807) is 50.6 Å². The molecular formula is C21H28N2O4. The third kappa shape index (κ3) is 6.93. The number of benzene rings is 2. The molecule has 0 aliphatic heterocycles. The molecule has 6 nitrogen and oxygen atoms in total. The Labute approximate surface area is 160 Å². The Balaban J connectivity index is 0.00000176. The number of carbonyl (C=O) groups is 1. The maximum Gasteiger partial charge on any atom is 0.330 e. The van der Waals surface area contributed by atoms with Gasteiger partial charge in [0.15, 0.2) is 0 Å². The minimum absolute atomic E-state index is 0.233. The molecule has 0 spiro atoms. The van der Waals surface area contributed by atoms with Crippen LogP contribution in [0.1, 0.15) is 25.0 Å². The number of rotatable bonds is 7. The molecule has 6 heteroatoms. The van der Waals surface area contributed by atoms with Gasteiger partial charge in [0, 0.05) is 35.5 Å². The van der Waals surface area contributed by atoms with Crippen LogP contribution < -0.4 is 20.9 Å². The molecule has 0 aliphatic rings. The first-order chi connectivity index (χ1) is 13.0. The summed E-state index contributed by atoms with van der Waals surface area (Å²) in [6.07, 6.45) is 3.52. The fourth-order valence-corrected chi connectivity index (χ4v) is 2.26. The molecule has 2 aromatic rings. The minimum Gasteiger partial charge on any atom is -0.497 e. The highest BCUT2D eigenvalue weighted by molar-refractivity contribution is 5.87. The molecule has 0 amide bonds. The van der Waals surface area contributed by atoms with Gasteiger partial charge >= 0.3 is 5.97 Å². The lowest BCUT2D eigenvalue weighted by atomic mass is 10.1. The molecule has 0 bridgehead atoms. The van der Waals surface area contributed by atoms with E-state index in [1.807, 2.05) is 19.9 Å². The molecule has 4 N–H and O–H groups in total. The molecule has 146 valence electrons. The topological polar surface area (TPSA) is 96.8 Å². The molecule has 27 heavy (non-hydrogen) atoms. The molecule has 0 saturated carbocycles. The Morgan fingerprint density at radius 2 is 1.78 bits per heavy atom. The van der Waals surface area contributed by atoms with Gasteiger partial charge < -0.3 is 25.7 Å². The number of nitrogens with two attached hydrogens (primary N) is 2. The van der Waals surface area contributed by atoms with Gasteiger partial charge in [-0.2, -0.15) is 0 Å². The highest BCUT2D eigenvalue weighted by Crippen LogP contribution is 2.25. The third-order valence-corrected chi connectivity index (χ3v) is 3.63. The van der Waals surface area contributed by atoms with Crippen molar-refractivity contribution in [3.63, 3.8) is 0 Å². The second kappa shape index (κ2) is 11.5. The van der Waals surface area contributed by atoms with E-state index in [0.717, 1.165) is 11.1 Å². The lowest BCUT2D eigenvalue weighted by Gasteiger charge is -2.08. The quantitative estimate of drug-likeness (QED) is 0.437. The van der Waals surface area contributed by atoms with E-state index < -0.39 is 5.97 Å². The average molecular weight is 372 g/mol. The zero-order chi connectivity index (χ0) is 20.2. The van der Waals surface area contributed by atoms with E-state index in [4.69, 9.17) is 25.7 Å². The van der Waals surface area contributed by atoms with Crippen LogP contribution in [-0.2, 0) is 16.0 Å². The molecular weight excluding hydrogens is 344 g/mol. The number of hydrogen-bond acceptors (Lipinski definition) is 6. The average Bonchev–Trinajstić information content (AvgIpc) is 2.69. The maximum absolute atomic E-state index is 11.8. The Morgan fingerprint density at radius 1 is 1.04 bits per heavy atom. The van der Waals surface area contributed by atoms with Crippen molar-refractivity contribution in [1.29, 1.82) is 0 Å². The van der Waals surface area contributed by atoms with Gasteiger partial charge in [-0.1, -0.05) is 19.9 Å². The van der Waals surface area contributed by atoms with Crippen LogP contribution in [0.15, 0.2) is 42.5 Å². The Kier molecular flexibility index (Phi) is 9.29. The second-order valence-corrected chi connectivity index (χ2v) is 5.32. The summed E-state index contributed by atoms with van der Waals surface area (Å²) in [5.74, 6) is 0.850. The summed E-state index contributed by atoms with van der Waals surface area (Å²) in [7, 11) is 3.14. The number of methoxy groups -OCH3 is 2. The van der Waals surface area contributed by atoms with E-state index in [1.165, 1.54) is 6.08 Å². The van der Waals surface area contributed by atoms with Crippen LogP contribution in [-0.4, -0.2) is 26.8 Å². The van der Waals surface area contributed by atoms with Crippen LogP contribution in [0.4, 0.5) is 11.4 Å². The van der Waals surface area contributed by atoms with Gasteiger partial charge in [0.2, 0.25) is 0 Å². The molecule has 2 rings (SSSR count). The number of esters is 1. The minimum atomic E-state index is -0.438. The van der Waals surface area contributed by atoms with Crippen LogP contribution in [0.3, 0.4) is 0 Å². The summed E-state index contributed by atoms with van der Waals surface area (Å²) in [5, 5.41) is 0. The van der Waals surface area contributed by atoms with Crippen LogP contribution in [0.2, 0.25) is 0 Å². The Bertz CT molecular complexity index is 773. The Morgan fingerprint density at radius 3 is 2.41 bits per heavy atom. The third-order valence-electron chi connectivity index (χ3n) is 3.63. The largest absolute Gasteiger partial charge is 0.497 e. The summed E-state index contributed by atoms with van der Waals surface area (Å²) in [6.45, 7) is 4.23. The SMILES string of the molecule is CC.COc1ccc(/C=C/C(=O)OCCc2ccc(N)cc2N)c(OC)c1. The van der Waals surface area contributed by atoms with Crippen molar-refractivity contribution in [2.45, 2.75) is 20.3 Å². The predicted molar refractivity (Wildman–Crippen MR) is 110 cm³/mol. The van der Waals surface area contributed by atoms with E-state index in [-0.39, 0.29) is 6.61 Å². The first-order valence-electron chi connectivity index (χ1n) is 8.74. The number of ether oxygens (including phenoxy) is 3. The van der Waals surface area contributed by atoms with Crippen molar-refractivity contribution in [2.24, 2.45) is 0 Å². The summed E-state index contributed by atoms with van der Waals surface area (Å²) < 4.78 is 15.6. The standard InChI is InChI=1S/C19H22N2O4.C2H6/c1-23-16-7-4-14(18(12-16)24-2)5-8-19(22)25-10-9-13-3-6-15(20)11-17(13)21;1-2/h3-8,11-12H,9-10,20-21H2,1-2H3;1-2H3/b8-5+;. The summed E-state index contributed by atoms with van der Waals surface area (Å²) >= 11 is 0. The van der Waals surface area contributed by atoms with E-state index >= 15 is 0 Å². The van der Waals surface area contributed by atoms with Crippen molar-refractivity contribution in [1.82, 2.24) is 0 Å². The zero-order valence-electron chi connectivity index (χ0n) is 16.3. The lowest BCUT2D eigenvalue weighted by Crippen LogP contribution is -2.06. The molecule has 0 fully saturated rings.